The predicted octanol–water partition coefficient (Wildman–Crippen LogP) is 2.74. The van der Waals surface area contributed by atoms with Crippen LogP contribution < -0.4 is 5.32 Å². The van der Waals surface area contributed by atoms with Crippen LogP contribution in [0, 0.1) is 0 Å². The summed E-state index contributed by atoms with van der Waals surface area (Å²) in [4.78, 5) is 11.0. The molecule has 0 unspecified atom stereocenters. The molecule has 1 aromatic heterocycles. The van der Waals surface area contributed by atoms with Crippen LogP contribution in [0.15, 0.2) is 24.3 Å². The van der Waals surface area contributed by atoms with Gasteiger partial charge in [-0.05, 0) is 23.7 Å². The molecule has 0 saturated carbocycles. The second-order valence-corrected chi connectivity index (χ2v) is 6.30. The molecule has 106 valence electrons. The molecule has 1 N–H and O–H groups in total. The Balaban J connectivity index is 1.67. The lowest BCUT2D eigenvalue weighted by Crippen LogP contribution is -2.36. The number of aromatic nitrogens is 2. The van der Waals surface area contributed by atoms with Gasteiger partial charge in [0, 0.05) is 43.1 Å². The first-order valence-corrected chi connectivity index (χ1v) is 8.32. The molecular weight excluding hydrogens is 292 g/mol. The summed E-state index contributed by atoms with van der Waals surface area (Å²) in [5, 5.41) is 4.70. The quantitative estimate of drug-likeness (QED) is 0.880. The lowest BCUT2D eigenvalue weighted by atomic mass is 10.2. The number of anilines is 1. The summed E-state index contributed by atoms with van der Waals surface area (Å²) in [5.74, 6) is 3.30. The van der Waals surface area contributed by atoms with Crippen molar-refractivity contribution in [3.63, 3.8) is 0 Å². The number of rotatable bonds is 4. The van der Waals surface area contributed by atoms with E-state index in [0.717, 1.165) is 29.8 Å². The number of benzene rings is 1. The fourth-order valence-electron chi connectivity index (χ4n) is 2.34. The van der Waals surface area contributed by atoms with Crippen LogP contribution >= 0.6 is 23.4 Å². The molecule has 20 heavy (non-hydrogen) atoms. The second kappa shape index (κ2) is 6.61. The number of nitrogens with one attached hydrogen (secondary N) is 1. The van der Waals surface area contributed by atoms with Crippen LogP contribution in [0.25, 0.3) is 10.9 Å². The summed E-state index contributed by atoms with van der Waals surface area (Å²) in [6.07, 6.45) is 0. The summed E-state index contributed by atoms with van der Waals surface area (Å²) in [7, 11) is 0. The third-order valence-electron chi connectivity index (χ3n) is 3.40. The van der Waals surface area contributed by atoms with Gasteiger partial charge in [-0.2, -0.15) is 11.8 Å². The van der Waals surface area contributed by atoms with E-state index in [-0.39, 0.29) is 0 Å². The minimum Gasteiger partial charge on any atom is -0.368 e. The number of thioether (sulfide) groups is 1. The lowest BCUT2D eigenvalue weighted by molar-refractivity contribution is 0.314. The van der Waals surface area contributed by atoms with Gasteiger partial charge in [0.25, 0.3) is 0 Å². The third-order valence-corrected chi connectivity index (χ3v) is 4.51. The summed E-state index contributed by atoms with van der Waals surface area (Å²) in [6.45, 7) is 4.27. The Kier molecular flexibility index (Phi) is 4.60. The van der Waals surface area contributed by atoms with Crippen molar-refractivity contribution in [2.75, 3.05) is 43.0 Å². The monoisotopic (exact) mass is 308 g/mol. The Morgan fingerprint density at radius 3 is 2.85 bits per heavy atom. The Hall–Kier alpha value is -1.04. The van der Waals surface area contributed by atoms with E-state index in [1.54, 1.807) is 0 Å². The fourth-order valence-corrected chi connectivity index (χ4v) is 3.49. The first-order chi connectivity index (χ1) is 9.83. The Labute approximate surface area is 127 Å². The Bertz CT molecular complexity index is 586. The maximum absolute atomic E-state index is 5.98. The van der Waals surface area contributed by atoms with Crippen molar-refractivity contribution in [1.29, 1.82) is 0 Å². The van der Waals surface area contributed by atoms with E-state index in [2.05, 4.69) is 20.2 Å². The topological polar surface area (TPSA) is 41.1 Å². The first-order valence-electron chi connectivity index (χ1n) is 6.79. The largest absolute Gasteiger partial charge is 0.368 e. The molecule has 0 spiro atoms. The van der Waals surface area contributed by atoms with Gasteiger partial charge in [-0.3, -0.25) is 4.90 Å². The average Bonchev–Trinajstić information content (AvgIpc) is 2.48. The minimum atomic E-state index is 0.292. The molecule has 1 aromatic carbocycles. The van der Waals surface area contributed by atoms with Gasteiger partial charge in [-0.15, -0.1) is 0 Å². The molecule has 3 rings (SSSR count). The zero-order valence-corrected chi connectivity index (χ0v) is 12.8. The maximum atomic E-state index is 5.98. The molecule has 2 heterocycles. The molecule has 6 heteroatoms. The van der Waals surface area contributed by atoms with Crippen molar-refractivity contribution >= 4 is 40.1 Å². The predicted molar refractivity (Wildman–Crippen MR) is 86.8 cm³/mol. The highest BCUT2D eigenvalue weighted by Gasteiger charge is 2.10. The highest BCUT2D eigenvalue weighted by atomic mass is 35.5. The molecule has 0 bridgehead atoms. The van der Waals surface area contributed by atoms with E-state index < -0.39 is 0 Å². The number of hydrogen-bond donors (Lipinski definition) is 1. The molecule has 1 fully saturated rings. The lowest BCUT2D eigenvalue weighted by Gasteiger charge is -2.26. The smallest absolute Gasteiger partial charge is 0.224 e. The number of fused-ring (bicyclic) bond motifs is 1. The summed E-state index contributed by atoms with van der Waals surface area (Å²) in [6, 6.07) is 7.93. The van der Waals surface area contributed by atoms with Gasteiger partial charge < -0.3 is 5.32 Å². The van der Waals surface area contributed by atoms with Crippen molar-refractivity contribution in [3.8, 4) is 0 Å². The molecule has 1 aliphatic rings. The van der Waals surface area contributed by atoms with Crippen molar-refractivity contribution in [2.24, 2.45) is 0 Å². The fraction of sp³-hybridized carbons (Fsp3) is 0.429. The van der Waals surface area contributed by atoms with Gasteiger partial charge in [-0.1, -0.05) is 12.1 Å². The molecule has 1 saturated heterocycles. The van der Waals surface area contributed by atoms with Crippen LogP contribution in [0.2, 0.25) is 5.28 Å². The number of nitrogens with zero attached hydrogens (tertiary/aromatic N) is 3. The average molecular weight is 309 g/mol. The Morgan fingerprint density at radius 1 is 1.20 bits per heavy atom. The zero-order valence-electron chi connectivity index (χ0n) is 11.2. The molecule has 0 radical (unpaired) electrons. The summed E-state index contributed by atoms with van der Waals surface area (Å²) in [5.41, 5.74) is 0.879. The highest BCUT2D eigenvalue weighted by molar-refractivity contribution is 7.99. The SMILES string of the molecule is Clc1nc(NCCN2CCSCC2)c2ccccc2n1. The molecule has 4 nitrogen and oxygen atoms in total. The van der Waals surface area contributed by atoms with Gasteiger partial charge in [0.15, 0.2) is 0 Å². The van der Waals surface area contributed by atoms with E-state index in [9.17, 15) is 0 Å². The number of para-hydroxylation sites is 1. The van der Waals surface area contributed by atoms with Crippen molar-refractivity contribution in [3.05, 3.63) is 29.5 Å². The van der Waals surface area contributed by atoms with E-state index in [1.165, 1.54) is 24.6 Å². The van der Waals surface area contributed by atoms with Crippen LogP contribution in [0.3, 0.4) is 0 Å². The molecule has 1 aliphatic heterocycles. The molecular formula is C14H17ClN4S. The third kappa shape index (κ3) is 3.34. The van der Waals surface area contributed by atoms with Crippen molar-refractivity contribution in [2.45, 2.75) is 0 Å². The van der Waals surface area contributed by atoms with Gasteiger partial charge in [0.2, 0.25) is 5.28 Å². The van der Waals surface area contributed by atoms with Crippen LogP contribution in [-0.4, -0.2) is 52.6 Å². The van der Waals surface area contributed by atoms with Gasteiger partial charge >= 0.3 is 0 Å². The van der Waals surface area contributed by atoms with Crippen molar-refractivity contribution < 1.29 is 0 Å². The molecule has 2 aromatic rings. The summed E-state index contributed by atoms with van der Waals surface area (Å²) >= 11 is 8.01. The van der Waals surface area contributed by atoms with E-state index >= 15 is 0 Å². The van der Waals surface area contributed by atoms with Crippen LogP contribution in [0.4, 0.5) is 5.82 Å². The van der Waals surface area contributed by atoms with Crippen molar-refractivity contribution in [1.82, 2.24) is 14.9 Å². The maximum Gasteiger partial charge on any atom is 0.224 e. The van der Waals surface area contributed by atoms with Crippen LogP contribution in [0.5, 0.6) is 0 Å². The summed E-state index contributed by atoms with van der Waals surface area (Å²) < 4.78 is 0. The normalized spacial score (nSPS) is 16.4. The highest BCUT2D eigenvalue weighted by Crippen LogP contribution is 2.21. The van der Waals surface area contributed by atoms with E-state index in [0.29, 0.717) is 5.28 Å². The first kappa shape index (κ1) is 13.9. The molecule has 0 aliphatic carbocycles. The minimum absolute atomic E-state index is 0.292. The zero-order chi connectivity index (χ0) is 13.8. The van der Waals surface area contributed by atoms with Gasteiger partial charge in [0.05, 0.1) is 5.52 Å². The standard InChI is InChI=1S/C14H17ClN4S/c15-14-17-12-4-2-1-3-11(12)13(18-14)16-5-6-19-7-9-20-10-8-19/h1-4H,5-10H2,(H,16,17,18). The number of hydrogen-bond acceptors (Lipinski definition) is 5. The number of halogens is 1. The molecule has 0 amide bonds. The molecule has 0 atom stereocenters. The van der Waals surface area contributed by atoms with Crippen LogP contribution in [-0.2, 0) is 0 Å². The Morgan fingerprint density at radius 2 is 2.00 bits per heavy atom. The van der Waals surface area contributed by atoms with E-state index in [4.69, 9.17) is 11.6 Å². The van der Waals surface area contributed by atoms with Crippen LogP contribution in [0.1, 0.15) is 0 Å². The van der Waals surface area contributed by atoms with E-state index in [1.807, 2.05) is 36.0 Å². The second-order valence-electron chi connectivity index (χ2n) is 4.74. The van der Waals surface area contributed by atoms with Gasteiger partial charge in [-0.25, -0.2) is 9.97 Å². The van der Waals surface area contributed by atoms with Gasteiger partial charge in [0.1, 0.15) is 5.82 Å².